The lowest BCUT2D eigenvalue weighted by Gasteiger charge is -2.18. The summed E-state index contributed by atoms with van der Waals surface area (Å²) in [6, 6.07) is 13.2. The first-order chi connectivity index (χ1) is 13.3. The molecule has 7 nitrogen and oxygen atoms in total. The van der Waals surface area contributed by atoms with E-state index in [2.05, 4.69) is 0 Å². The molecule has 2 aromatic carbocycles. The summed E-state index contributed by atoms with van der Waals surface area (Å²) in [6.45, 7) is 4.25. The van der Waals surface area contributed by atoms with Gasteiger partial charge in [0.15, 0.2) is 0 Å². The summed E-state index contributed by atoms with van der Waals surface area (Å²) in [7, 11) is -3.59. The second kappa shape index (κ2) is 7.95. The summed E-state index contributed by atoms with van der Waals surface area (Å²) < 4.78 is 36.7. The van der Waals surface area contributed by atoms with Gasteiger partial charge in [0.1, 0.15) is 11.3 Å². The maximum atomic E-state index is 12.5. The van der Waals surface area contributed by atoms with Crippen LogP contribution < -0.4 is 10.4 Å². The molecule has 0 radical (unpaired) electrons. The van der Waals surface area contributed by atoms with Crippen molar-refractivity contribution in [3.63, 3.8) is 0 Å². The van der Waals surface area contributed by atoms with Crippen molar-refractivity contribution in [2.75, 3.05) is 13.1 Å². The van der Waals surface area contributed by atoms with Crippen LogP contribution in [0.3, 0.4) is 0 Å². The van der Waals surface area contributed by atoms with Gasteiger partial charge in [-0.2, -0.15) is 4.31 Å². The highest BCUT2D eigenvalue weighted by Crippen LogP contribution is 2.21. The van der Waals surface area contributed by atoms with Gasteiger partial charge >= 0.3 is 11.6 Å². The average molecular weight is 401 g/mol. The largest absolute Gasteiger partial charge is 0.423 e. The van der Waals surface area contributed by atoms with Crippen molar-refractivity contribution in [1.82, 2.24) is 4.31 Å². The molecular weight excluding hydrogens is 382 g/mol. The summed E-state index contributed by atoms with van der Waals surface area (Å²) >= 11 is 0. The third kappa shape index (κ3) is 3.97. The van der Waals surface area contributed by atoms with Crippen LogP contribution >= 0.6 is 0 Å². The molecule has 0 saturated carbocycles. The number of rotatable bonds is 6. The molecule has 0 aliphatic heterocycles. The van der Waals surface area contributed by atoms with E-state index in [-0.39, 0.29) is 16.2 Å². The highest BCUT2D eigenvalue weighted by molar-refractivity contribution is 7.89. The molecule has 3 aromatic rings. The molecule has 0 fully saturated rings. The smallest absolute Gasteiger partial charge is 0.343 e. The lowest BCUT2D eigenvalue weighted by atomic mass is 10.2. The molecule has 0 atom stereocenters. The van der Waals surface area contributed by atoms with E-state index in [1.807, 2.05) is 0 Å². The number of benzene rings is 2. The van der Waals surface area contributed by atoms with E-state index in [0.717, 1.165) is 0 Å². The maximum Gasteiger partial charge on any atom is 0.343 e. The summed E-state index contributed by atoms with van der Waals surface area (Å²) in [6.07, 6.45) is 0. The molecule has 0 aliphatic rings. The average Bonchev–Trinajstić information content (AvgIpc) is 2.68. The minimum Gasteiger partial charge on any atom is -0.423 e. The van der Waals surface area contributed by atoms with Crippen LogP contribution in [0.25, 0.3) is 11.0 Å². The Hall–Kier alpha value is -2.97. The van der Waals surface area contributed by atoms with Gasteiger partial charge in [-0.15, -0.1) is 0 Å². The fourth-order valence-electron chi connectivity index (χ4n) is 2.75. The van der Waals surface area contributed by atoms with Crippen LogP contribution in [0.5, 0.6) is 5.75 Å². The highest BCUT2D eigenvalue weighted by Gasteiger charge is 2.22. The molecule has 28 heavy (non-hydrogen) atoms. The third-order valence-electron chi connectivity index (χ3n) is 4.24. The minimum absolute atomic E-state index is 0.111. The molecule has 0 amide bonds. The van der Waals surface area contributed by atoms with E-state index in [1.54, 1.807) is 32.0 Å². The Morgan fingerprint density at radius 3 is 2.29 bits per heavy atom. The Balaban J connectivity index is 1.81. The van der Waals surface area contributed by atoms with Gasteiger partial charge in [-0.1, -0.05) is 13.8 Å². The van der Waals surface area contributed by atoms with Gasteiger partial charge < -0.3 is 9.15 Å². The van der Waals surface area contributed by atoms with Crippen LogP contribution in [0.2, 0.25) is 0 Å². The summed E-state index contributed by atoms with van der Waals surface area (Å²) in [5.74, 6) is -0.434. The molecule has 3 rings (SSSR count). The van der Waals surface area contributed by atoms with Gasteiger partial charge in [-0.3, -0.25) is 0 Å². The van der Waals surface area contributed by atoms with Crippen molar-refractivity contribution in [1.29, 1.82) is 0 Å². The number of carbonyl (C=O) groups excluding carboxylic acids is 1. The van der Waals surface area contributed by atoms with Crippen molar-refractivity contribution < 1.29 is 22.4 Å². The molecule has 8 heteroatoms. The van der Waals surface area contributed by atoms with Crippen LogP contribution in [0, 0.1) is 0 Å². The monoisotopic (exact) mass is 401 g/mol. The molecule has 1 aromatic heterocycles. The molecule has 0 spiro atoms. The SMILES string of the molecule is CCN(CC)S(=O)(=O)c1ccc(C(=O)Oc2ccc3ccc(=O)oc3c2)cc1. The normalized spacial score (nSPS) is 11.7. The first-order valence-electron chi connectivity index (χ1n) is 8.71. The van der Waals surface area contributed by atoms with E-state index in [4.69, 9.17) is 9.15 Å². The number of fused-ring (bicyclic) bond motifs is 1. The summed E-state index contributed by atoms with van der Waals surface area (Å²) in [4.78, 5) is 23.8. The molecule has 1 heterocycles. The maximum absolute atomic E-state index is 12.5. The zero-order valence-electron chi connectivity index (χ0n) is 15.4. The van der Waals surface area contributed by atoms with Gasteiger partial charge in [0.25, 0.3) is 0 Å². The predicted molar refractivity (Wildman–Crippen MR) is 104 cm³/mol. The van der Waals surface area contributed by atoms with Crippen molar-refractivity contribution in [2.24, 2.45) is 0 Å². The van der Waals surface area contributed by atoms with E-state index in [1.165, 1.54) is 40.7 Å². The predicted octanol–water partition coefficient (Wildman–Crippen LogP) is 3.04. The molecule has 0 N–H and O–H groups in total. The Morgan fingerprint density at radius 1 is 1.00 bits per heavy atom. The topological polar surface area (TPSA) is 93.9 Å². The lowest BCUT2D eigenvalue weighted by molar-refractivity contribution is 0.0735. The lowest BCUT2D eigenvalue weighted by Crippen LogP contribution is -2.30. The van der Waals surface area contributed by atoms with E-state index in [0.29, 0.717) is 24.1 Å². The van der Waals surface area contributed by atoms with Crippen molar-refractivity contribution in [3.05, 3.63) is 70.6 Å². The standard InChI is InChI=1S/C20H19NO6S/c1-3-21(4-2)28(24,25)17-10-6-15(7-11-17)20(23)26-16-9-5-14-8-12-19(22)27-18(14)13-16/h5-13H,3-4H2,1-2H3. The van der Waals surface area contributed by atoms with Gasteiger partial charge in [0, 0.05) is 30.6 Å². The molecule has 0 bridgehead atoms. The van der Waals surface area contributed by atoms with E-state index < -0.39 is 21.6 Å². The number of ether oxygens (including phenoxy) is 1. The zero-order valence-corrected chi connectivity index (χ0v) is 16.2. The van der Waals surface area contributed by atoms with Gasteiger partial charge in [-0.05, 0) is 42.5 Å². The number of hydrogen-bond acceptors (Lipinski definition) is 6. The molecule has 0 aliphatic carbocycles. The minimum atomic E-state index is -3.59. The number of nitrogens with zero attached hydrogens (tertiary/aromatic N) is 1. The Bertz CT molecular complexity index is 1160. The second-order valence-corrected chi connectivity index (χ2v) is 7.90. The second-order valence-electron chi connectivity index (χ2n) is 5.96. The number of hydrogen-bond donors (Lipinski definition) is 0. The van der Waals surface area contributed by atoms with Crippen molar-refractivity contribution >= 4 is 27.0 Å². The molecule has 0 saturated heterocycles. The molecule has 146 valence electrons. The van der Waals surface area contributed by atoms with Gasteiger partial charge in [-0.25, -0.2) is 18.0 Å². The first kappa shape index (κ1) is 19.8. The number of carbonyl (C=O) groups is 1. The summed E-state index contributed by atoms with van der Waals surface area (Å²) in [5, 5.41) is 0.699. The first-order valence-corrected chi connectivity index (χ1v) is 10.2. The number of esters is 1. The van der Waals surface area contributed by atoms with Crippen LogP contribution in [-0.4, -0.2) is 31.8 Å². The number of sulfonamides is 1. The highest BCUT2D eigenvalue weighted by atomic mass is 32.2. The van der Waals surface area contributed by atoms with Gasteiger partial charge in [0.2, 0.25) is 10.0 Å². The van der Waals surface area contributed by atoms with E-state index in [9.17, 15) is 18.0 Å². The Labute approximate surface area is 162 Å². The van der Waals surface area contributed by atoms with Crippen molar-refractivity contribution in [2.45, 2.75) is 18.7 Å². The Morgan fingerprint density at radius 2 is 1.64 bits per heavy atom. The molecule has 0 unspecified atom stereocenters. The van der Waals surface area contributed by atoms with Crippen LogP contribution in [0.15, 0.2) is 68.7 Å². The van der Waals surface area contributed by atoms with Crippen LogP contribution in [0.4, 0.5) is 0 Å². The van der Waals surface area contributed by atoms with Gasteiger partial charge in [0.05, 0.1) is 10.5 Å². The Kier molecular flexibility index (Phi) is 5.62. The van der Waals surface area contributed by atoms with E-state index >= 15 is 0 Å². The van der Waals surface area contributed by atoms with Crippen LogP contribution in [-0.2, 0) is 10.0 Å². The van der Waals surface area contributed by atoms with Crippen LogP contribution in [0.1, 0.15) is 24.2 Å². The third-order valence-corrected chi connectivity index (χ3v) is 6.30. The summed E-state index contributed by atoms with van der Waals surface area (Å²) in [5.41, 5.74) is 0.00699. The van der Waals surface area contributed by atoms with Crippen molar-refractivity contribution in [3.8, 4) is 5.75 Å². The fraction of sp³-hybridized carbons (Fsp3) is 0.200. The fourth-order valence-corrected chi connectivity index (χ4v) is 4.20. The quantitative estimate of drug-likeness (QED) is 0.358. The zero-order chi connectivity index (χ0) is 20.3. The molecular formula is C20H19NO6S.